The van der Waals surface area contributed by atoms with Crippen LogP contribution in [0.25, 0.3) is 0 Å². The van der Waals surface area contributed by atoms with Crippen LogP contribution in [0.4, 0.5) is 0 Å². The highest BCUT2D eigenvalue weighted by Crippen LogP contribution is 2.35. The minimum Gasteiger partial charge on any atom is -0.350 e. The largest absolute Gasteiger partial charge is 0.350 e. The molecule has 16 heavy (non-hydrogen) atoms. The normalized spacial score (nSPS) is 25.4. The van der Waals surface area contributed by atoms with Crippen LogP contribution in [0, 0.1) is 5.41 Å². The van der Waals surface area contributed by atoms with Gasteiger partial charge in [-0.2, -0.15) is 0 Å². The van der Waals surface area contributed by atoms with E-state index in [1.54, 1.807) is 0 Å². The summed E-state index contributed by atoms with van der Waals surface area (Å²) in [5.74, 6) is -0.273. The molecule has 3 nitrogen and oxygen atoms in total. The van der Waals surface area contributed by atoms with Crippen LogP contribution in [0.5, 0.6) is 0 Å². The summed E-state index contributed by atoms with van der Waals surface area (Å²) in [6, 6.07) is 0. The molecule has 0 aromatic rings. The van der Waals surface area contributed by atoms with Crippen LogP contribution in [-0.4, -0.2) is 24.3 Å². The molecular formula is C13H24O3. The SMILES string of the molecule is CCCC(=O)C(C)(C)C1CCOC(C)(C)O1. The third-order valence-electron chi connectivity index (χ3n) is 3.26. The van der Waals surface area contributed by atoms with Gasteiger partial charge in [-0.15, -0.1) is 0 Å². The molecular weight excluding hydrogens is 204 g/mol. The van der Waals surface area contributed by atoms with Gasteiger partial charge in [-0.25, -0.2) is 0 Å². The summed E-state index contributed by atoms with van der Waals surface area (Å²) in [5.41, 5.74) is -0.406. The summed E-state index contributed by atoms with van der Waals surface area (Å²) >= 11 is 0. The summed E-state index contributed by atoms with van der Waals surface area (Å²) in [6.45, 7) is 10.5. The molecule has 1 unspecified atom stereocenters. The molecule has 0 aromatic carbocycles. The highest BCUT2D eigenvalue weighted by Gasteiger charge is 2.42. The molecule has 0 aromatic heterocycles. The fourth-order valence-electron chi connectivity index (χ4n) is 2.08. The quantitative estimate of drug-likeness (QED) is 0.742. The Morgan fingerprint density at radius 1 is 1.44 bits per heavy atom. The zero-order chi connectivity index (χ0) is 12.4. The summed E-state index contributed by atoms with van der Waals surface area (Å²) in [5, 5.41) is 0. The lowest BCUT2D eigenvalue weighted by atomic mass is 9.78. The zero-order valence-electron chi connectivity index (χ0n) is 11.1. The molecule has 1 rings (SSSR count). The van der Waals surface area contributed by atoms with Gasteiger partial charge in [-0.05, 0) is 26.7 Å². The summed E-state index contributed by atoms with van der Waals surface area (Å²) < 4.78 is 11.4. The van der Waals surface area contributed by atoms with Crippen molar-refractivity contribution in [3.8, 4) is 0 Å². The Balaban J connectivity index is 2.71. The Morgan fingerprint density at radius 3 is 2.56 bits per heavy atom. The second kappa shape index (κ2) is 4.84. The van der Waals surface area contributed by atoms with Gasteiger partial charge < -0.3 is 9.47 Å². The fourth-order valence-corrected chi connectivity index (χ4v) is 2.08. The summed E-state index contributed by atoms with van der Waals surface area (Å²) in [4.78, 5) is 12.1. The van der Waals surface area contributed by atoms with Gasteiger partial charge in [-0.1, -0.05) is 20.8 Å². The maximum Gasteiger partial charge on any atom is 0.163 e. The van der Waals surface area contributed by atoms with Gasteiger partial charge in [0.1, 0.15) is 5.78 Å². The second-order valence-electron chi connectivity index (χ2n) is 5.54. The Morgan fingerprint density at radius 2 is 2.06 bits per heavy atom. The van der Waals surface area contributed by atoms with Crippen LogP contribution in [0.15, 0.2) is 0 Å². The van der Waals surface area contributed by atoms with E-state index in [-0.39, 0.29) is 11.9 Å². The molecule has 3 heteroatoms. The van der Waals surface area contributed by atoms with Gasteiger partial charge in [0.2, 0.25) is 0 Å². The van der Waals surface area contributed by atoms with E-state index in [2.05, 4.69) is 0 Å². The van der Waals surface area contributed by atoms with E-state index in [0.717, 1.165) is 12.8 Å². The minimum atomic E-state index is -0.563. The van der Waals surface area contributed by atoms with E-state index >= 15 is 0 Å². The van der Waals surface area contributed by atoms with Gasteiger partial charge in [0.05, 0.1) is 12.7 Å². The second-order valence-corrected chi connectivity index (χ2v) is 5.54. The van der Waals surface area contributed by atoms with Crippen molar-refractivity contribution in [3.63, 3.8) is 0 Å². The van der Waals surface area contributed by atoms with E-state index < -0.39 is 11.2 Å². The monoisotopic (exact) mass is 228 g/mol. The Hall–Kier alpha value is -0.410. The number of hydrogen-bond donors (Lipinski definition) is 0. The zero-order valence-corrected chi connectivity index (χ0v) is 11.1. The lowest BCUT2D eigenvalue weighted by molar-refractivity contribution is -0.288. The van der Waals surface area contributed by atoms with Crippen molar-refractivity contribution >= 4 is 5.78 Å². The number of rotatable bonds is 4. The maximum atomic E-state index is 12.1. The average molecular weight is 228 g/mol. The van der Waals surface area contributed by atoms with Crippen LogP contribution >= 0.6 is 0 Å². The molecule has 0 N–H and O–H groups in total. The number of ketones is 1. The number of ether oxygens (including phenoxy) is 2. The van der Waals surface area contributed by atoms with Crippen molar-refractivity contribution in [2.75, 3.05) is 6.61 Å². The van der Waals surface area contributed by atoms with Crippen molar-refractivity contribution < 1.29 is 14.3 Å². The van der Waals surface area contributed by atoms with Crippen molar-refractivity contribution in [2.24, 2.45) is 5.41 Å². The summed E-state index contributed by atoms with van der Waals surface area (Å²) in [7, 11) is 0. The van der Waals surface area contributed by atoms with E-state index in [0.29, 0.717) is 13.0 Å². The Bertz CT molecular complexity index is 256. The van der Waals surface area contributed by atoms with Crippen LogP contribution in [0.1, 0.15) is 53.9 Å². The molecule has 1 saturated heterocycles. The standard InChI is InChI=1S/C13H24O3/c1-6-7-10(14)12(2,3)11-8-9-15-13(4,5)16-11/h11H,6-9H2,1-5H3. The van der Waals surface area contributed by atoms with Crippen LogP contribution in [0.3, 0.4) is 0 Å². The van der Waals surface area contributed by atoms with Crippen molar-refractivity contribution in [1.82, 2.24) is 0 Å². The first-order chi connectivity index (χ1) is 7.29. The van der Waals surface area contributed by atoms with Gasteiger partial charge in [0, 0.05) is 11.8 Å². The molecule has 0 amide bonds. The average Bonchev–Trinajstić information content (AvgIpc) is 2.16. The topological polar surface area (TPSA) is 35.5 Å². The predicted molar refractivity (Wildman–Crippen MR) is 63.2 cm³/mol. The minimum absolute atomic E-state index is 0.0321. The molecule has 1 aliphatic rings. The first-order valence-corrected chi connectivity index (χ1v) is 6.14. The van der Waals surface area contributed by atoms with Crippen LogP contribution < -0.4 is 0 Å². The van der Waals surface area contributed by atoms with E-state index in [1.165, 1.54) is 0 Å². The fraction of sp³-hybridized carbons (Fsp3) is 0.923. The lowest BCUT2D eigenvalue weighted by Crippen LogP contribution is -2.49. The number of Topliss-reactive ketones (excluding diaryl/α,β-unsaturated/α-hetero) is 1. The maximum absolute atomic E-state index is 12.1. The number of carbonyl (C=O) groups excluding carboxylic acids is 1. The molecule has 0 saturated carbocycles. The number of hydrogen-bond acceptors (Lipinski definition) is 3. The molecule has 0 spiro atoms. The smallest absolute Gasteiger partial charge is 0.163 e. The van der Waals surface area contributed by atoms with E-state index in [4.69, 9.17) is 9.47 Å². The summed E-state index contributed by atoms with van der Waals surface area (Å²) in [6.07, 6.45) is 2.30. The molecule has 1 aliphatic heterocycles. The lowest BCUT2D eigenvalue weighted by Gasteiger charge is -2.42. The highest BCUT2D eigenvalue weighted by atomic mass is 16.7. The van der Waals surface area contributed by atoms with Gasteiger partial charge in [0.25, 0.3) is 0 Å². The Labute approximate surface area is 98.5 Å². The molecule has 1 heterocycles. The molecule has 94 valence electrons. The first kappa shape index (κ1) is 13.7. The number of carbonyl (C=O) groups is 1. The van der Waals surface area contributed by atoms with E-state index in [9.17, 15) is 4.79 Å². The third kappa shape index (κ3) is 3.05. The van der Waals surface area contributed by atoms with Crippen LogP contribution in [0.2, 0.25) is 0 Å². The molecule has 1 atom stereocenters. The molecule has 0 bridgehead atoms. The van der Waals surface area contributed by atoms with Gasteiger partial charge >= 0.3 is 0 Å². The third-order valence-corrected chi connectivity index (χ3v) is 3.26. The highest BCUT2D eigenvalue weighted by molar-refractivity contribution is 5.84. The molecule has 1 fully saturated rings. The van der Waals surface area contributed by atoms with Crippen LogP contribution in [-0.2, 0) is 14.3 Å². The Kier molecular flexibility index (Phi) is 4.13. The van der Waals surface area contributed by atoms with Crippen molar-refractivity contribution in [3.05, 3.63) is 0 Å². The predicted octanol–water partition coefficient (Wildman–Crippen LogP) is 2.92. The van der Waals surface area contributed by atoms with Crippen molar-refractivity contribution in [1.29, 1.82) is 0 Å². The first-order valence-electron chi connectivity index (χ1n) is 6.14. The van der Waals surface area contributed by atoms with Gasteiger partial charge in [-0.3, -0.25) is 4.79 Å². The van der Waals surface area contributed by atoms with Crippen molar-refractivity contribution in [2.45, 2.75) is 65.8 Å². The molecule has 0 radical (unpaired) electrons. The van der Waals surface area contributed by atoms with Gasteiger partial charge in [0.15, 0.2) is 5.79 Å². The van der Waals surface area contributed by atoms with E-state index in [1.807, 2.05) is 34.6 Å². The molecule has 0 aliphatic carbocycles.